The van der Waals surface area contributed by atoms with Crippen molar-refractivity contribution in [3.8, 4) is 0 Å². The molecule has 1 rings (SSSR count). The molecule has 3 nitrogen and oxygen atoms in total. The van der Waals surface area contributed by atoms with Gasteiger partial charge in [-0.05, 0) is 42.2 Å². The first-order valence-corrected chi connectivity index (χ1v) is 7.40. The Morgan fingerprint density at radius 3 is 2.67 bits per heavy atom. The molecule has 102 valence electrons. The van der Waals surface area contributed by atoms with Crippen molar-refractivity contribution in [3.63, 3.8) is 0 Å². The van der Waals surface area contributed by atoms with E-state index < -0.39 is 0 Å². The van der Waals surface area contributed by atoms with Crippen LogP contribution in [0.2, 0.25) is 0 Å². The minimum Gasteiger partial charge on any atom is -0.330 e. The molecule has 18 heavy (non-hydrogen) atoms. The third-order valence-corrected chi connectivity index (χ3v) is 3.95. The van der Waals surface area contributed by atoms with E-state index in [0.717, 1.165) is 18.5 Å². The number of carbonyl (C=O) groups excluding carboxylic acids is 1. The SMILES string of the molecule is CC(C)(C)C(CCN)CCC(=O)Nc1ccsc1. The van der Waals surface area contributed by atoms with E-state index in [-0.39, 0.29) is 11.3 Å². The van der Waals surface area contributed by atoms with Crippen molar-refractivity contribution in [1.82, 2.24) is 0 Å². The molecule has 1 aromatic heterocycles. The van der Waals surface area contributed by atoms with Gasteiger partial charge in [0.1, 0.15) is 0 Å². The first kappa shape index (κ1) is 15.2. The molecule has 0 saturated heterocycles. The molecule has 0 saturated carbocycles. The van der Waals surface area contributed by atoms with Gasteiger partial charge in [0.15, 0.2) is 0 Å². The zero-order valence-electron chi connectivity index (χ0n) is 11.5. The fourth-order valence-corrected chi connectivity index (χ4v) is 2.66. The van der Waals surface area contributed by atoms with Crippen LogP contribution in [-0.4, -0.2) is 12.5 Å². The first-order valence-electron chi connectivity index (χ1n) is 6.45. The summed E-state index contributed by atoms with van der Waals surface area (Å²) >= 11 is 1.59. The summed E-state index contributed by atoms with van der Waals surface area (Å²) < 4.78 is 0. The lowest BCUT2D eigenvalue weighted by atomic mass is 9.76. The van der Waals surface area contributed by atoms with Gasteiger partial charge in [-0.3, -0.25) is 4.79 Å². The van der Waals surface area contributed by atoms with Crippen LogP contribution >= 0.6 is 11.3 Å². The monoisotopic (exact) mass is 268 g/mol. The molecule has 1 atom stereocenters. The van der Waals surface area contributed by atoms with Crippen LogP contribution in [0, 0.1) is 11.3 Å². The number of hydrogen-bond acceptors (Lipinski definition) is 3. The predicted molar refractivity (Wildman–Crippen MR) is 78.8 cm³/mol. The summed E-state index contributed by atoms with van der Waals surface area (Å²) in [5, 5.41) is 6.81. The van der Waals surface area contributed by atoms with Gasteiger partial charge in [-0.15, -0.1) is 0 Å². The summed E-state index contributed by atoms with van der Waals surface area (Å²) in [6.45, 7) is 7.33. The lowest BCUT2D eigenvalue weighted by Crippen LogP contribution is -2.25. The summed E-state index contributed by atoms with van der Waals surface area (Å²) in [6.07, 6.45) is 2.45. The van der Waals surface area contributed by atoms with Gasteiger partial charge >= 0.3 is 0 Å². The van der Waals surface area contributed by atoms with Crippen LogP contribution in [0.15, 0.2) is 16.8 Å². The van der Waals surface area contributed by atoms with E-state index in [1.165, 1.54) is 0 Å². The van der Waals surface area contributed by atoms with Crippen LogP contribution in [-0.2, 0) is 4.79 Å². The van der Waals surface area contributed by atoms with Crippen molar-refractivity contribution in [2.24, 2.45) is 17.1 Å². The predicted octanol–water partition coefficient (Wildman–Crippen LogP) is 3.48. The Balaban J connectivity index is 2.40. The molecule has 0 aliphatic heterocycles. The van der Waals surface area contributed by atoms with Crippen molar-refractivity contribution >= 4 is 22.9 Å². The van der Waals surface area contributed by atoms with Gasteiger partial charge in [-0.25, -0.2) is 0 Å². The van der Waals surface area contributed by atoms with Gasteiger partial charge in [-0.2, -0.15) is 11.3 Å². The highest BCUT2D eigenvalue weighted by Gasteiger charge is 2.24. The molecule has 3 N–H and O–H groups in total. The number of amides is 1. The summed E-state index contributed by atoms with van der Waals surface area (Å²) in [5.74, 6) is 0.593. The van der Waals surface area contributed by atoms with Crippen LogP contribution in [0.5, 0.6) is 0 Å². The van der Waals surface area contributed by atoms with E-state index in [0.29, 0.717) is 18.9 Å². The molecule has 1 unspecified atom stereocenters. The standard InChI is InChI=1S/C14H24N2OS/c1-14(2,3)11(6-8-15)4-5-13(17)16-12-7-9-18-10-12/h7,9-11H,4-6,8,15H2,1-3H3,(H,16,17). The Kier molecular flexibility index (Phi) is 5.82. The maximum absolute atomic E-state index is 11.8. The van der Waals surface area contributed by atoms with E-state index in [1.807, 2.05) is 16.8 Å². The maximum atomic E-state index is 11.8. The quantitative estimate of drug-likeness (QED) is 0.830. The van der Waals surface area contributed by atoms with E-state index in [1.54, 1.807) is 11.3 Å². The Morgan fingerprint density at radius 2 is 2.17 bits per heavy atom. The molecule has 4 heteroatoms. The highest BCUT2D eigenvalue weighted by molar-refractivity contribution is 7.08. The average molecular weight is 268 g/mol. The zero-order chi connectivity index (χ0) is 13.6. The van der Waals surface area contributed by atoms with Gasteiger partial charge in [0.25, 0.3) is 0 Å². The van der Waals surface area contributed by atoms with Crippen LogP contribution in [0.25, 0.3) is 0 Å². The van der Waals surface area contributed by atoms with Gasteiger partial charge in [0.05, 0.1) is 5.69 Å². The fraction of sp³-hybridized carbons (Fsp3) is 0.643. The van der Waals surface area contributed by atoms with Crippen LogP contribution in [0.1, 0.15) is 40.0 Å². The van der Waals surface area contributed by atoms with E-state index in [2.05, 4.69) is 26.1 Å². The molecule has 0 spiro atoms. The Labute approximate surface area is 114 Å². The summed E-state index contributed by atoms with van der Waals surface area (Å²) in [7, 11) is 0. The highest BCUT2D eigenvalue weighted by Crippen LogP contribution is 2.32. The van der Waals surface area contributed by atoms with Gasteiger partial charge in [-0.1, -0.05) is 20.8 Å². The van der Waals surface area contributed by atoms with E-state index in [9.17, 15) is 4.79 Å². The molecule has 1 heterocycles. The number of nitrogens with two attached hydrogens (primary N) is 1. The summed E-state index contributed by atoms with van der Waals surface area (Å²) in [5.41, 5.74) is 6.75. The molecule has 0 bridgehead atoms. The van der Waals surface area contributed by atoms with Crippen molar-refractivity contribution in [2.75, 3.05) is 11.9 Å². The lowest BCUT2D eigenvalue weighted by Gasteiger charge is -2.30. The van der Waals surface area contributed by atoms with E-state index >= 15 is 0 Å². The minimum absolute atomic E-state index is 0.0969. The third-order valence-electron chi connectivity index (χ3n) is 3.26. The second-order valence-corrected chi connectivity index (χ2v) is 6.52. The lowest BCUT2D eigenvalue weighted by molar-refractivity contribution is -0.116. The molecular weight excluding hydrogens is 244 g/mol. The Morgan fingerprint density at radius 1 is 1.44 bits per heavy atom. The van der Waals surface area contributed by atoms with Crippen molar-refractivity contribution < 1.29 is 4.79 Å². The molecule has 0 radical (unpaired) electrons. The number of rotatable bonds is 6. The molecule has 0 fully saturated rings. The smallest absolute Gasteiger partial charge is 0.224 e. The van der Waals surface area contributed by atoms with E-state index in [4.69, 9.17) is 5.73 Å². The topological polar surface area (TPSA) is 55.1 Å². The number of nitrogens with one attached hydrogen (secondary N) is 1. The van der Waals surface area contributed by atoms with Crippen LogP contribution in [0.4, 0.5) is 5.69 Å². The van der Waals surface area contributed by atoms with Crippen molar-refractivity contribution in [1.29, 1.82) is 0 Å². The molecule has 0 aliphatic carbocycles. The minimum atomic E-state index is 0.0969. The average Bonchev–Trinajstić information content (AvgIpc) is 2.75. The van der Waals surface area contributed by atoms with Crippen molar-refractivity contribution in [3.05, 3.63) is 16.8 Å². The van der Waals surface area contributed by atoms with Crippen LogP contribution < -0.4 is 11.1 Å². The van der Waals surface area contributed by atoms with Crippen molar-refractivity contribution in [2.45, 2.75) is 40.0 Å². The molecule has 0 aromatic carbocycles. The second kappa shape index (κ2) is 6.90. The van der Waals surface area contributed by atoms with Gasteiger partial charge in [0.2, 0.25) is 5.91 Å². The molecule has 0 aliphatic rings. The second-order valence-electron chi connectivity index (χ2n) is 5.74. The Hall–Kier alpha value is -0.870. The highest BCUT2D eigenvalue weighted by atomic mass is 32.1. The number of anilines is 1. The summed E-state index contributed by atoms with van der Waals surface area (Å²) in [6, 6.07) is 1.92. The molecule has 1 amide bonds. The Bertz CT molecular complexity index is 354. The normalized spacial score (nSPS) is 13.3. The molecular formula is C14H24N2OS. The zero-order valence-corrected chi connectivity index (χ0v) is 12.3. The molecule has 1 aromatic rings. The van der Waals surface area contributed by atoms with Gasteiger partial charge in [0, 0.05) is 11.8 Å². The number of hydrogen-bond donors (Lipinski definition) is 2. The number of carbonyl (C=O) groups is 1. The first-order chi connectivity index (χ1) is 8.43. The summed E-state index contributed by atoms with van der Waals surface area (Å²) in [4.78, 5) is 11.8. The number of thiophene rings is 1. The van der Waals surface area contributed by atoms with Gasteiger partial charge < -0.3 is 11.1 Å². The third kappa shape index (κ3) is 5.19. The largest absolute Gasteiger partial charge is 0.330 e. The van der Waals surface area contributed by atoms with Crippen LogP contribution in [0.3, 0.4) is 0 Å². The maximum Gasteiger partial charge on any atom is 0.224 e. The fourth-order valence-electron chi connectivity index (χ4n) is 2.08.